The van der Waals surface area contributed by atoms with Crippen molar-refractivity contribution < 1.29 is 13.9 Å². The molecule has 1 amide bonds. The van der Waals surface area contributed by atoms with Gasteiger partial charge in [-0.2, -0.15) is 0 Å². The van der Waals surface area contributed by atoms with Crippen LogP contribution in [0.25, 0.3) is 6.08 Å². The Morgan fingerprint density at radius 3 is 2.32 bits per heavy atom. The third-order valence-corrected chi connectivity index (χ3v) is 3.69. The van der Waals surface area contributed by atoms with Crippen LogP contribution in [0.4, 0.5) is 4.39 Å². The van der Waals surface area contributed by atoms with Crippen molar-refractivity contribution in [2.45, 2.75) is 26.2 Å². The van der Waals surface area contributed by atoms with E-state index in [1.807, 2.05) is 12.1 Å². The first kappa shape index (κ1) is 18.7. The van der Waals surface area contributed by atoms with E-state index in [9.17, 15) is 9.18 Å². The van der Waals surface area contributed by atoms with Gasteiger partial charge in [0.2, 0.25) is 5.91 Å². The van der Waals surface area contributed by atoms with E-state index in [1.54, 1.807) is 18.2 Å². The number of hydrogen-bond donors (Lipinski definition) is 1. The minimum absolute atomic E-state index is 0.114. The molecule has 0 radical (unpaired) electrons. The summed E-state index contributed by atoms with van der Waals surface area (Å²) in [7, 11) is 0. The standard InChI is InChI=1S/C21H24FNO2/c1-21(2,3)17-7-11-19(12-8-17)25-15-14-23-20(24)13-6-16-4-9-18(22)10-5-16/h4-13H,14-15H2,1-3H3,(H,23,24)/b13-6+. The Balaban J connectivity index is 1.71. The molecule has 0 aromatic heterocycles. The molecular weight excluding hydrogens is 317 g/mol. The zero-order valence-electron chi connectivity index (χ0n) is 14.9. The summed E-state index contributed by atoms with van der Waals surface area (Å²) in [5.41, 5.74) is 2.13. The molecule has 0 atom stereocenters. The highest BCUT2D eigenvalue weighted by Gasteiger charge is 2.12. The summed E-state index contributed by atoms with van der Waals surface area (Å²) in [6.07, 6.45) is 3.06. The van der Waals surface area contributed by atoms with Crippen molar-refractivity contribution in [3.63, 3.8) is 0 Å². The van der Waals surface area contributed by atoms with Gasteiger partial charge in [-0.3, -0.25) is 4.79 Å². The van der Waals surface area contributed by atoms with Crippen LogP contribution >= 0.6 is 0 Å². The summed E-state index contributed by atoms with van der Waals surface area (Å²) in [5.74, 6) is 0.273. The summed E-state index contributed by atoms with van der Waals surface area (Å²) < 4.78 is 18.4. The van der Waals surface area contributed by atoms with Crippen LogP contribution in [0.1, 0.15) is 31.9 Å². The number of benzene rings is 2. The zero-order valence-corrected chi connectivity index (χ0v) is 14.9. The van der Waals surface area contributed by atoms with Gasteiger partial charge in [-0.15, -0.1) is 0 Å². The first-order chi connectivity index (χ1) is 11.8. The number of nitrogens with one attached hydrogen (secondary N) is 1. The molecule has 0 aliphatic rings. The molecular formula is C21H24FNO2. The number of hydrogen-bond acceptors (Lipinski definition) is 2. The molecule has 0 saturated heterocycles. The zero-order chi connectivity index (χ0) is 18.3. The fraction of sp³-hybridized carbons (Fsp3) is 0.286. The Kier molecular flexibility index (Phi) is 6.34. The molecule has 0 unspecified atom stereocenters. The molecule has 0 saturated carbocycles. The van der Waals surface area contributed by atoms with Gasteiger partial charge in [0.1, 0.15) is 18.2 Å². The van der Waals surface area contributed by atoms with Crippen LogP contribution in [-0.4, -0.2) is 19.1 Å². The summed E-state index contributed by atoms with van der Waals surface area (Å²) in [5, 5.41) is 2.75. The van der Waals surface area contributed by atoms with Gasteiger partial charge >= 0.3 is 0 Å². The topological polar surface area (TPSA) is 38.3 Å². The van der Waals surface area contributed by atoms with Crippen LogP contribution in [-0.2, 0) is 10.2 Å². The molecule has 0 spiro atoms. The predicted octanol–water partition coefficient (Wildman–Crippen LogP) is 4.33. The second-order valence-corrected chi connectivity index (χ2v) is 6.80. The normalized spacial score (nSPS) is 11.5. The van der Waals surface area contributed by atoms with Crippen molar-refractivity contribution >= 4 is 12.0 Å². The van der Waals surface area contributed by atoms with Crippen LogP contribution < -0.4 is 10.1 Å². The predicted molar refractivity (Wildman–Crippen MR) is 99.1 cm³/mol. The van der Waals surface area contributed by atoms with Crippen LogP contribution in [0.15, 0.2) is 54.6 Å². The molecule has 0 aliphatic heterocycles. The van der Waals surface area contributed by atoms with Crippen molar-refractivity contribution in [1.29, 1.82) is 0 Å². The average Bonchev–Trinajstić information content (AvgIpc) is 2.58. The van der Waals surface area contributed by atoms with E-state index in [0.29, 0.717) is 13.2 Å². The lowest BCUT2D eigenvalue weighted by atomic mass is 9.87. The number of halogens is 1. The maximum Gasteiger partial charge on any atom is 0.244 e. The fourth-order valence-corrected chi connectivity index (χ4v) is 2.20. The first-order valence-corrected chi connectivity index (χ1v) is 8.29. The number of carbonyl (C=O) groups is 1. The minimum atomic E-state index is -0.297. The molecule has 3 nitrogen and oxygen atoms in total. The van der Waals surface area contributed by atoms with Crippen molar-refractivity contribution in [3.05, 3.63) is 71.6 Å². The van der Waals surface area contributed by atoms with Gasteiger partial charge in [0, 0.05) is 6.08 Å². The molecule has 1 N–H and O–H groups in total. The molecule has 2 aromatic carbocycles. The van der Waals surface area contributed by atoms with Gasteiger partial charge in [0.05, 0.1) is 6.54 Å². The van der Waals surface area contributed by atoms with Crippen LogP contribution in [0, 0.1) is 5.82 Å². The smallest absolute Gasteiger partial charge is 0.244 e. The van der Waals surface area contributed by atoms with Gasteiger partial charge in [0.15, 0.2) is 0 Å². The summed E-state index contributed by atoms with van der Waals surface area (Å²) in [6, 6.07) is 13.9. The second kappa shape index (κ2) is 8.47. The van der Waals surface area contributed by atoms with Crippen LogP contribution in [0.3, 0.4) is 0 Å². The number of ether oxygens (including phenoxy) is 1. The summed E-state index contributed by atoms with van der Waals surface area (Å²) >= 11 is 0. The molecule has 0 aliphatic carbocycles. The molecule has 0 fully saturated rings. The van der Waals surface area contributed by atoms with Gasteiger partial charge in [-0.05, 0) is 46.9 Å². The van der Waals surface area contributed by atoms with E-state index in [2.05, 4.69) is 38.2 Å². The Hall–Kier alpha value is -2.62. The van der Waals surface area contributed by atoms with Crippen molar-refractivity contribution in [1.82, 2.24) is 5.32 Å². The third kappa shape index (κ3) is 6.42. The highest BCUT2D eigenvalue weighted by atomic mass is 19.1. The Labute approximate surface area is 148 Å². The summed E-state index contributed by atoms with van der Waals surface area (Å²) in [4.78, 5) is 11.7. The lowest BCUT2D eigenvalue weighted by Crippen LogP contribution is -2.26. The monoisotopic (exact) mass is 341 g/mol. The number of amides is 1. The fourth-order valence-electron chi connectivity index (χ4n) is 2.20. The van der Waals surface area contributed by atoms with E-state index >= 15 is 0 Å². The quantitative estimate of drug-likeness (QED) is 0.627. The molecule has 0 heterocycles. The third-order valence-electron chi connectivity index (χ3n) is 3.69. The van der Waals surface area contributed by atoms with Gasteiger partial charge in [0.25, 0.3) is 0 Å². The lowest BCUT2D eigenvalue weighted by Gasteiger charge is -2.19. The molecule has 132 valence electrons. The molecule has 2 rings (SSSR count). The molecule has 25 heavy (non-hydrogen) atoms. The summed E-state index contributed by atoms with van der Waals surface area (Å²) in [6.45, 7) is 7.30. The maximum absolute atomic E-state index is 12.8. The van der Waals surface area contributed by atoms with Crippen molar-refractivity contribution in [2.75, 3.05) is 13.2 Å². The highest BCUT2D eigenvalue weighted by Crippen LogP contribution is 2.24. The van der Waals surface area contributed by atoms with Crippen molar-refractivity contribution in [3.8, 4) is 5.75 Å². The number of rotatable bonds is 6. The van der Waals surface area contributed by atoms with Gasteiger partial charge in [-0.1, -0.05) is 45.0 Å². The van der Waals surface area contributed by atoms with Gasteiger partial charge < -0.3 is 10.1 Å². The van der Waals surface area contributed by atoms with Crippen molar-refractivity contribution in [2.24, 2.45) is 0 Å². The first-order valence-electron chi connectivity index (χ1n) is 8.29. The van der Waals surface area contributed by atoms with E-state index in [4.69, 9.17) is 4.74 Å². The van der Waals surface area contributed by atoms with E-state index < -0.39 is 0 Å². The largest absolute Gasteiger partial charge is 0.492 e. The Morgan fingerprint density at radius 2 is 1.72 bits per heavy atom. The Bertz CT molecular complexity index is 713. The Morgan fingerprint density at radius 1 is 1.08 bits per heavy atom. The average molecular weight is 341 g/mol. The number of carbonyl (C=O) groups excluding carboxylic acids is 1. The molecule has 4 heteroatoms. The van der Waals surface area contributed by atoms with Crippen LogP contribution in [0.5, 0.6) is 5.75 Å². The molecule has 2 aromatic rings. The van der Waals surface area contributed by atoms with E-state index in [0.717, 1.165) is 11.3 Å². The van der Waals surface area contributed by atoms with Crippen LogP contribution in [0.2, 0.25) is 0 Å². The lowest BCUT2D eigenvalue weighted by molar-refractivity contribution is -0.116. The maximum atomic E-state index is 12.8. The highest BCUT2D eigenvalue weighted by molar-refractivity contribution is 5.91. The molecule has 0 bridgehead atoms. The van der Waals surface area contributed by atoms with Gasteiger partial charge in [-0.25, -0.2) is 4.39 Å². The minimum Gasteiger partial charge on any atom is -0.492 e. The van der Waals surface area contributed by atoms with E-state index in [1.165, 1.54) is 23.8 Å². The second-order valence-electron chi connectivity index (χ2n) is 6.80. The van der Waals surface area contributed by atoms with E-state index in [-0.39, 0.29) is 17.1 Å². The SMILES string of the molecule is CC(C)(C)c1ccc(OCCNC(=O)/C=C/c2ccc(F)cc2)cc1.